The van der Waals surface area contributed by atoms with Crippen molar-refractivity contribution in [2.24, 2.45) is 11.3 Å². The van der Waals surface area contributed by atoms with Crippen LogP contribution in [0.1, 0.15) is 32.1 Å². The number of likely N-dealkylation sites (tertiary alicyclic amines) is 1. The summed E-state index contributed by atoms with van der Waals surface area (Å²) in [5, 5.41) is 9.12. The first kappa shape index (κ1) is 12.0. The van der Waals surface area contributed by atoms with Crippen molar-refractivity contribution in [2.75, 3.05) is 19.8 Å². The molecular weight excluding hydrogens is 234 g/mol. The lowest BCUT2D eigenvalue weighted by molar-refractivity contribution is -0.149. The van der Waals surface area contributed by atoms with Crippen LogP contribution in [0.5, 0.6) is 0 Å². The largest absolute Gasteiger partial charge is 0.480 e. The van der Waals surface area contributed by atoms with E-state index < -0.39 is 12.0 Å². The Morgan fingerprint density at radius 3 is 2.67 bits per heavy atom. The van der Waals surface area contributed by atoms with Crippen molar-refractivity contribution >= 4 is 11.9 Å². The molecule has 1 amide bonds. The lowest BCUT2D eigenvalue weighted by Gasteiger charge is -2.26. The Balaban J connectivity index is 1.67. The molecule has 0 aromatic heterocycles. The summed E-state index contributed by atoms with van der Waals surface area (Å²) >= 11 is 0. The molecule has 18 heavy (non-hydrogen) atoms. The Hall–Kier alpha value is -1.10. The summed E-state index contributed by atoms with van der Waals surface area (Å²) < 4.78 is 5.34. The van der Waals surface area contributed by atoms with E-state index in [1.54, 1.807) is 4.90 Å². The average molecular weight is 253 g/mol. The zero-order valence-corrected chi connectivity index (χ0v) is 10.4. The number of hydrogen-bond acceptors (Lipinski definition) is 3. The highest BCUT2D eigenvalue weighted by atomic mass is 16.5. The summed E-state index contributed by atoms with van der Waals surface area (Å²) in [7, 11) is 0. The third-order valence-corrected chi connectivity index (χ3v) is 4.80. The highest BCUT2D eigenvalue weighted by molar-refractivity contribution is 5.88. The molecule has 0 radical (unpaired) electrons. The van der Waals surface area contributed by atoms with Gasteiger partial charge in [0.05, 0.1) is 0 Å². The van der Waals surface area contributed by atoms with Gasteiger partial charge in [-0.15, -0.1) is 0 Å². The molecule has 5 nitrogen and oxygen atoms in total. The van der Waals surface area contributed by atoms with Crippen molar-refractivity contribution in [1.29, 1.82) is 0 Å². The zero-order valence-electron chi connectivity index (χ0n) is 10.4. The number of ether oxygens (including phenoxy) is 1. The van der Waals surface area contributed by atoms with Gasteiger partial charge < -0.3 is 14.7 Å². The van der Waals surface area contributed by atoms with Gasteiger partial charge in [0, 0.05) is 25.7 Å². The van der Waals surface area contributed by atoms with E-state index in [4.69, 9.17) is 9.84 Å². The molecule has 1 spiro atoms. The fourth-order valence-electron chi connectivity index (χ4n) is 3.51. The number of carboxylic acid groups (broad SMARTS) is 1. The van der Waals surface area contributed by atoms with Gasteiger partial charge in [0.15, 0.2) is 0 Å². The van der Waals surface area contributed by atoms with Gasteiger partial charge in [-0.25, -0.2) is 4.79 Å². The highest BCUT2D eigenvalue weighted by Crippen LogP contribution is 2.60. The Bertz CT molecular complexity index is 375. The minimum atomic E-state index is -0.859. The van der Waals surface area contributed by atoms with E-state index in [0.29, 0.717) is 13.0 Å². The number of carbonyl (C=O) groups excluding carboxylic acids is 1. The second-order valence-corrected chi connectivity index (χ2v) is 5.76. The van der Waals surface area contributed by atoms with Gasteiger partial charge in [-0.2, -0.15) is 0 Å². The number of aliphatic carboxylic acids is 1. The van der Waals surface area contributed by atoms with Crippen molar-refractivity contribution < 1.29 is 19.4 Å². The third kappa shape index (κ3) is 1.81. The summed E-state index contributed by atoms with van der Waals surface area (Å²) in [5.41, 5.74) is 0.140. The lowest BCUT2D eigenvalue weighted by atomic mass is 9.93. The predicted molar refractivity (Wildman–Crippen MR) is 63.0 cm³/mol. The highest BCUT2D eigenvalue weighted by Gasteiger charge is 2.59. The van der Waals surface area contributed by atoms with Crippen LogP contribution in [0, 0.1) is 11.3 Å². The summed E-state index contributed by atoms with van der Waals surface area (Å²) in [6.45, 7) is 2.09. The number of carbonyl (C=O) groups is 2. The van der Waals surface area contributed by atoms with Crippen LogP contribution in [0.3, 0.4) is 0 Å². The molecule has 3 aliphatic rings. The molecule has 0 bridgehead atoms. The van der Waals surface area contributed by atoms with Crippen LogP contribution in [-0.4, -0.2) is 47.7 Å². The molecule has 2 aliphatic heterocycles. The lowest BCUT2D eigenvalue weighted by Crippen LogP contribution is -2.42. The molecule has 3 fully saturated rings. The van der Waals surface area contributed by atoms with Gasteiger partial charge in [0.2, 0.25) is 5.91 Å². The molecule has 1 saturated carbocycles. The molecule has 0 aromatic rings. The Morgan fingerprint density at radius 2 is 2.00 bits per heavy atom. The molecule has 3 rings (SSSR count). The Kier molecular flexibility index (Phi) is 2.81. The molecule has 5 heteroatoms. The van der Waals surface area contributed by atoms with E-state index in [1.807, 2.05) is 0 Å². The number of nitrogens with zero attached hydrogens (tertiary/aromatic N) is 1. The van der Waals surface area contributed by atoms with Crippen molar-refractivity contribution in [3.63, 3.8) is 0 Å². The fourth-order valence-corrected chi connectivity index (χ4v) is 3.51. The van der Waals surface area contributed by atoms with Crippen molar-refractivity contribution in [3.8, 4) is 0 Å². The maximum absolute atomic E-state index is 12.4. The van der Waals surface area contributed by atoms with Gasteiger partial charge in [0.25, 0.3) is 0 Å². The standard InChI is InChI=1S/C13H19NO4/c15-11(14-5-1-2-10(14)12(16)17)9-8-13(9)3-6-18-7-4-13/h9-10H,1-8H2,(H,16,17). The van der Waals surface area contributed by atoms with Gasteiger partial charge in [-0.05, 0) is 37.5 Å². The van der Waals surface area contributed by atoms with Crippen LogP contribution in [0.15, 0.2) is 0 Å². The maximum atomic E-state index is 12.4. The zero-order chi connectivity index (χ0) is 12.8. The predicted octanol–water partition coefficient (Wildman–Crippen LogP) is 0.879. The van der Waals surface area contributed by atoms with E-state index >= 15 is 0 Å². The normalized spacial score (nSPS) is 33.7. The monoisotopic (exact) mass is 253 g/mol. The van der Waals surface area contributed by atoms with Gasteiger partial charge in [-0.1, -0.05) is 0 Å². The number of amides is 1. The molecular formula is C13H19NO4. The van der Waals surface area contributed by atoms with Crippen LogP contribution >= 0.6 is 0 Å². The first-order chi connectivity index (χ1) is 8.64. The molecule has 1 N–H and O–H groups in total. The third-order valence-electron chi connectivity index (χ3n) is 4.80. The smallest absolute Gasteiger partial charge is 0.326 e. The van der Waals surface area contributed by atoms with E-state index in [9.17, 15) is 9.59 Å². The SMILES string of the molecule is O=C(O)C1CCCN1C(=O)C1CC12CCOCC2. The Labute approximate surface area is 106 Å². The van der Waals surface area contributed by atoms with Gasteiger partial charge in [0.1, 0.15) is 6.04 Å². The Morgan fingerprint density at radius 1 is 1.28 bits per heavy atom. The minimum absolute atomic E-state index is 0.0568. The topological polar surface area (TPSA) is 66.8 Å². The summed E-state index contributed by atoms with van der Waals surface area (Å²) in [6, 6.07) is -0.588. The quantitative estimate of drug-likeness (QED) is 0.793. The second-order valence-electron chi connectivity index (χ2n) is 5.76. The van der Waals surface area contributed by atoms with Gasteiger partial charge >= 0.3 is 5.97 Å². The van der Waals surface area contributed by atoms with Gasteiger partial charge in [-0.3, -0.25) is 4.79 Å². The fraction of sp³-hybridized carbons (Fsp3) is 0.846. The van der Waals surface area contributed by atoms with Crippen LogP contribution in [-0.2, 0) is 14.3 Å². The minimum Gasteiger partial charge on any atom is -0.480 e. The van der Waals surface area contributed by atoms with Crippen LogP contribution in [0.25, 0.3) is 0 Å². The molecule has 2 saturated heterocycles. The van der Waals surface area contributed by atoms with Crippen molar-refractivity contribution in [3.05, 3.63) is 0 Å². The van der Waals surface area contributed by atoms with Crippen molar-refractivity contribution in [1.82, 2.24) is 4.90 Å². The van der Waals surface area contributed by atoms with E-state index in [0.717, 1.165) is 38.9 Å². The summed E-state index contributed by atoms with van der Waals surface area (Å²) in [4.78, 5) is 25.1. The van der Waals surface area contributed by atoms with Crippen LogP contribution in [0.2, 0.25) is 0 Å². The number of rotatable bonds is 2. The average Bonchev–Trinajstić information content (AvgIpc) is 2.86. The van der Waals surface area contributed by atoms with Crippen LogP contribution < -0.4 is 0 Å². The molecule has 0 aromatic carbocycles. The maximum Gasteiger partial charge on any atom is 0.326 e. The first-order valence-corrected chi connectivity index (χ1v) is 6.75. The van der Waals surface area contributed by atoms with E-state index in [-0.39, 0.29) is 17.2 Å². The molecule has 1 aliphatic carbocycles. The van der Waals surface area contributed by atoms with E-state index in [1.165, 1.54) is 0 Å². The number of carboxylic acids is 1. The van der Waals surface area contributed by atoms with Crippen molar-refractivity contribution in [2.45, 2.75) is 38.1 Å². The molecule has 2 heterocycles. The van der Waals surface area contributed by atoms with E-state index in [2.05, 4.69) is 0 Å². The molecule has 2 atom stereocenters. The number of hydrogen-bond donors (Lipinski definition) is 1. The summed E-state index contributed by atoms with van der Waals surface area (Å²) in [5.74, 6) is -0.731. The first-order valence-electron chi connectivity index (χ1n) is 6.75. The molecule has 100 valence electrons. The second kappa shape index (κ2) is 4.23. The summed E-state index contributed by atoms with van der Waals surface area (Å²) in [6.07, 6.45) is 4.25. The van der Waals surface area contributed by atoms with Crippen LogP contribution in [0.4, 0.5) is 0 Å². The molecule has 2 unspecified atom stereocenters.